The Kier molecular flexibility index (Phi) is 6.02. The number of thiocarbonyl (C=S) groups is 1. The Morgan fingerprint density at radius 1 is 1.22 bits per heavy atom. The van der Waals surface area contributed by atoms with Gasteiger partial charge in [-0.15, -0.1) is 0 Å². The lowest BCUT2D eigenvalue weighted by molar-refractivity contribution is 0.264. The summed E-state index contributed by atoms with van der Waals surface area (Å²) in [4.78, 5) is 0. The topological polar surface area (TPSA) is 41.9 Å². The minimum Gasteiger partial charge on any atom is -0.489 e. The van der Waals surface area contributed by atoms with Crippen molar-refractivity contribution in [3.05, 3.63) is 58.1 Å². The third-order valence-corrected chi connectivity index (χ3v) is 5.51. The molecule has 3 rings (SSSR count). The van der Waals surface area contributed by atoms with E-state index in [-0.39, 0.29) is 5.17 Å². The zero-order valence-corrected chi connectivity index (χ0v) is 17.2. The fourth-order valence-electron chi connectivity index (χ4n) is 3.45. The van der Waals surface area contributed by atoms with Crippen LogP contribution in [0.5, 0.6) is 5.75 Å². The predicted octanol–water partition coefficient (Wildman–Crippen LogP) is 5.45. The molecule has 0 aliphatic heterocycles. The van der Waals surface area contributed by atoms with Crippen molar-refractivity contribution in [3.8, 4) is 5.75 Å². The van der Waals surface area contributed by atoms with E-state index in [2.05, 4.69) is 39.0 Å². The van der Waals surface area contributed by atoms with E-state index in [4.69, 9.17) is 21.7 Å². The van der Waals surface area contributed by atoms with E-state index < -0.39 is 0 Å². The third kappa shape index (κ3) is 4.25. The van der Waals surface area contributed by atoms with Gasteiger partial charge in [-0.25, -0.2) is 0 Å². The summed E-state index contributed by atoms with van der Waals surface area (Å²) in [6.45, 7) is 6.72. The lowest BCUT2D eigenvalue weighted by Crippen LogP contribution is -2.28. The van der Waals surface area contributed by atoms with Crippen LogP contribution in [0.2, 0.25) is 0 Å². The highest BCUT2D eigenvalue weighted by atomic mass is 32.1. The van der Waals surface area contributed by atoms with Crippen LogP contribution in [-0.4, -0.2) is 17.5 Å². The van der Waals surface area contributed by atoms with Crippen LogP contribution < -0.4 is 9.80 Å². The number of methoxy groups -OCH3 is 1. The van der Waals surface area contributed by atoms with Gasteiger partial charge in [0, 0.05) is 5.56 Å². The average molecular weight is 386 g/mol. The van der Waals surface area contributed by atoms with Crippen LogP contribution in [0.25, 0.3) is 0 Å². The molecule has 0 atom stereocenters. The summed E-state index contributed by atoms with van der Waals surface area (Å²) in [5.74, 6) is 1.40. The second-order valence-corrected chi connectivity index (χ2v) is 7.44. The smallest absolute Gasteiger partial charge is 0.288 e. The van der Waals surface area contributed by atoms with Gasteiger partial charge in [-0.05, 0) is 85.6 Å². The molecular formula is C22H27NO3S. The Labute approximate surface area is 166 Å². The number of hydrogen-bond donors (Lipinski definition) is 1. The summed E-state index contributed by atoms with van der Waals surface area (Å²) in [7, 11) is 1.45. The van der Waals surface area contributed by atoms with Crippen molar-refractivity contribution in [2.24, 2.45) is 0 Å². The van der Waals surface area contributed by atoms with Crippen molar-refractivity contribution in [2.45, 2.75) is 52.6 Å². The predicted molar refractivity (Wildman–Crippen MR) is 112 cm³/mol. The van der Waals surface area contributed by atoms with Crippen LogP contribution in [-0.2, 0) is 17.8 Å². The van der Waals surface area contributed by atoms with Gasteiger partial charge in [0.25, 0.3) is 5.17 Å². The Morgan fingerprint density at radius 2 is 1.96 bits per heavy atom. The van der Waals surface area contributed by atoms with Gasteiger partial charge in [-0.1, -0.05) is 25.1 Å². The molecule has 2 aromatic carbocycles. The largest absolute Gasteiger partial charge is 0.489 e. The third-order valence-electron chi connectivity index (χ3n) is 5.17. The summed E-state index contributed by atoms with van der Waals surface area (Å²) in [5.41, 5.74) is 6.48. The molecule has 1 N–H and O–H groups in total. The fourth-order valence-corrected chi connectivity index (χ4v) is 3.54. The van der Waals surface area contributed by atoms with Crippen molar-refractivity contribution >= 4 is 23.1 Å². The molecule has 1 saturated carbocycles. The molecule has 4 nitrogen and oxygen atoms in total. The van der Waals surface area contributed by atoms with Crippen LogP contribution >= 0.6 is 12.2 Å². The second kappa shape index (κ2) is 8.28. The second-order valence-electron chi connectivity index (χ2n) is 7.09. The van der Waals surface area contributed by atoms with Crippen molar-refractivity contribution in [1.82, 2.24) is 0 Å². The van der Waals surface area contributed by atoms with Gasteiger partial charge in [0.15, 0.2) is 0 Å². The molecule has 1 aliphatic rings. The van der Waals surface area contributed by atoms with Gasteiger partial charge in [0.1, 0.15) is 12.4 Å². The molecule has 0 bridgehead atoms. The van der Waals surface area contributed by atoms with Crippen LogP contribution in [0.3, 0.4) is 0 Å². The van der Waals surface area contributed by atoms with E-state index in [9.17, 15) is 5.21 Å². The zero-order valence-electron chi connectivity index (χ0n) is 16.4. The Morgan fingerprint density at radius 3 is 2.59 bits per heavy atom. The lowest BCUT2D eigenvalue weighted by atomic mass is 10.0. The van der Waals surface area contributed by atoms with Crippen molar-refractivity contribution in [2.75, 3.05) is 12.2 Å². The Hall–Kier alpha value is -2.11. The number of ether oxygens (including phenoxy) is 2. The molecule has 1 aliphatic carbocycles. The molecule has 0 heterocycles. The molecule has 144 valence electrons. The zero-order chi connectivity index (χ0) is 19.6. The summed E-state index contributed by atoms with van der Waals surface area (Å²) in [6, 6.07) is 10.2. The Balaban J connectivity index is 1.92. The molecule has 5 heteroatoms. The number of benzene rings is 2. The minimum absolute atomic E-state index is 0.0171. The van der Waals surface area contributed by atoms with Gasteiger partial charge in [0.05, 0.1) is 12.8 Å². The monoisotopic (exact) mass is 385 g/mol. The first-order valence-corrected chi connectivity index (χ1v) is 9.78. The highest BCUT2D eigenvalue weighted by Gasteiger charge is 2.29. The number of rotatable bonds is 6. The molecule has 27 heavy (non-hydrogen) atoms. The maximum atomic E-state index is 10.5. The van der Waals surface area contributed by atoms with Crippen LogP contribution in [0, 0.1) is 13.8 Å². The summed E-state index contributed by atoms with van der Waals surface area (Å²) in [5, 5.41) is 11.4. The van der Waals surface area contributed by atoms with Gasteiger partial charge < -0.3 is 9.47 Å². The molecular weight excluding hydrogens is 358 g/mol. The summed E-state index contributed by atoms with van der Waals surface area (Å²) in [6.07, 6.45) is 3.34. The van der Waals surface area contributed by atoms with E-state index in [1.807, 2.05) is 12.1 Å². The van der Waals surface area contributed by atoms with E-state index in [0.717, 1.165) is 28.4 Å². The van der Waals surface area contributed by atoms with E-state index in [0.29, 0.717) is 18.2 Å². The van der Waals surface area contributed by atoms with Gasteiger partial charge in [-0.2, -0.15) is 5.06 Å². The minimum atomic E-state index is 0.0171. The van der Waals surface area contributed by atoms with Gasteiger partial charge in [0.2, 0.25) is 0 Å². The highest BCUT2D eigenvalue weighted by Crippen LogP contribution is 2.44. The van der Waals surface area contributed by atoms with Crippen molar-refractivity contribution in [1.29, 1.82) is 0 Å². The van der Waals surface area contributed by atoms with Crippen molar-refractivity contribution < 1.29 is 14.7 Å². The average Bonchev–Trinajstić information content (AvgIpc) is 3.52. The van der Waals surface area contributed by atoms with E-state index in [1.54, 1.807) is 0 Å². The number of anilines is 1. The van der Waals surface area contributed by atoms with E-state index >= 15 is 0 Å². The van der Waals surface area contributed by atoms with Crippen molar-refractivity contribution in [3.63, 3.8) is 0 Å². The fraction of sp³-hybridized carbons (Fsp3) is 0.409. The molecule has 0 saturated heterocycles. The number of hydroxylamine groups is 1. The quantitative estimate of drug-likeness (QED) is 0.529. The molecule has 0 aromatic heterocycles. The molecule has 0 amide bonds. The normalized spacial score (nSPS) is 13.4. The number of aryl methyl sites for hydroxylation is 3. The first-order chi connectivity index (χ1) is 13.0. The van der Waals surface area contributed by atoms with Crippen LogP contribution in [0.15, 0.2) is 30.3 Å². The standard InChI is InChI=1S/C22H27NO3S/c1-5-16-11-15(3)21(12-14(16)2)26-13-19-18(17-9-10-17)7-6-8-20(19)23(24)22(27)25-4/h6-8,11-12,17,24H,5,9-10,13H2,1-4H3. The molecule has 0 spiro atoms. The maximum Gasteiger partial charge on any atom is 0.288 e. The van der Waals surface area contributed by atoms with Gasteiger partial charge >= 0.3 is 0 Å². The maximum absolute atomic E-state index is 10.5. The highest BCUT2D eigenvalue weighted by molar-refractivity contribution is 7.80. The lowest BCUT2D eigenvalue weighted by Gasteiger charge is -2.22. The molecule has 0 radical (unpaired) electrons. The SMILES string of the molecule is CCc1cc(C)c(OCc2c(C3CC3)cccc2N(O)C(=S)OC)cc1C. The number of hydrogen-bond acceptors (Lipinski definition) is 4. The van der Waals surface area contributed by atoms with Gasteiger partial charge in [-0.3, -0.25) is 5.21 Å². The molecule has 1 fully saturated rings. The molecule has 0 unspecified atom stereocenters. The molecule has 2 aromatic rings. The summed E-state index contributed by atoms with van der Waals surface area (Å²) < 4.78 is 11.2. The Bertz CT molecular complexity index is 846. The van der Waals surface area contributed by atoms with Crippen LogP contribution in [0.4, 0.5) is 5.69 Å². The summed E-state index contributed by atoms with van der Waals surface area (Å²) >= 11 is 5.10. The first kappa shape index (κ1) is 19.6. The van der Waals surface area contributed by atoms with E-state index in [1.165, 1.54) is 36.6 Å². The number of nitrogens with zero attached hydrogens (tertiary/aromatic N) is 1. The van der Waals surface area contributed by atoms with Crippen LogP contribution in [0.1, 0.15) is 53.5 Å². The first-order valence-electron chi connectivity index (χ1n) is 9.37.